The third kappa shape index (κ3) is 4.95. The van der Waals surface area contributed by atoms with E-state index in [4.69, 9.17) is 0 Å². The van der Waals surface area contributed by atoms with Gasteiger partial charge in [-0.25, -0.2) is 4.98 Å². The molecule has 0 aliphatic carbocycles. The zero-order valence-corrected chi connectivity index (χ0v) is 16.5. The van der Waals surface area contributed by atoms with E-state index >= 15 is 0 Å². The third-order valence-electron chi connectivity index (χ3n) is 4.16. The van der Waals surface area contributed by atoms with E-state index in [2.05, 4.69) is 15.6 Å². The van der Waals surface area contributed by atoms with E-state index in [-0.39, 0.29) is 17.2 Å². The molecule has 0 saturated carbocycles. The molecule has 0 spiro atoms. The summed E-state index contributed by atoms with van der Waals surface area (Å²) in [5.41, 5.74) is 3.92. The number of carbonyl (C=O) groups is 2. The van der Waals surface area contributed by atoms with E-state index in [1.54, 1.807) is 18.2 Å². The van der Waals surface area contributed by atoms with Gasteiger partial charge in [-0.1, -0.05) is 30.3 Å². The number of hydrogen-bond donors (Lipinski definition) is 3. The highest BCUT2D eigenvalue weighted by Gasteiger charge is 2.13. The second-order valence-electron chi connectivity index (χ2n) is 6.44. The van der Waals surface area contributed by atoms with E-state index in [0.29, 0.717) is 11.7 Å². The van der Waals surface area contributed by atoms with E-state index < -0.39 is 5.91 Å². The van der Waals surface area contributed by atoms with Gasteiger partial charge in [-0.05, 0) is 36.6 Å². The Morgan fingerprint density at radius 1 is 1.14 bits per heavy atom. The molecule has 0 bridgehead atoms. The highest BCUT2D eigenvalue weighted by molar-refractivity contribution is 7.14. The van der Waals surface area contributed by atoms with Crippen molar-refractivity contribution in [3.05, 3.63) is 64.5 Å². The third-order valence-corrected chi connectivity index (χ3v) is 4.92. The minimum atomic E-state index is -0.397. The number of thiazole rings is 1. The van der Waals surface area contributed by atoms with Gasteiger partial charge in [-0.15, -0.1) is 11.3 Å². The van der Waals surface area contributed by atoms with Crippen molar-refractivity contribution in [3.63, 3.8) is 0 Å². The molecule has 28 heavy (non-hydrogen) atoms. The number of carbonyl (C=O) groups excluding carboxylic acids is 2. The molecule has 0 fully saturated rings. The van der Waals surface area contributed by atoms with Crippen LogP contribution in [0.3, 0.4) is 0 Å². The molecule has 3 N–H and O–H groups in total. The average Bonchev–Trinajstić information content (AvgIpc) is 3.10. The summed E-state index contributed by atoms with van der Waals surface area (Å²) in [7, 11) is 0. The van der Waals surface area contributed by atoms with E-state index in [0.717, 1.165) is 28.8 Å². The summed E-state index contributed by atoms with van der Waals surface area (Å²) in [4.78, 5) is 27.7. The van der Waals surface area contributed by atoms with Gasteiger partial charge in [0.1, 0.15) is 5.75 Å². The zero-order valence-electron chi connectivity index (χ0n) is 15.7. The lowest BCUT2D eigenvalue weighted by atomic mass is 10.1. The number of amides is 2. The van der Waals surface area contributed by atoms with Gasteiger partial charge in [0.05, 0.1) is 11.3 Å². The van der Waals surface area contributed by atoms with Crippen LogP contribution in [-0.2, 0) is 11.2 Å². The quantitative estimate of drug-likeness (QED) is 0.593. The summed E-state index contributed by atoms with van der Waals surface area (Å²) in [5.74, 6) is -0.483. The van der Waals surface area contributed by atoms with Crippen LogP contribution in [0.4, 0.5) is 5.13 Å². The lowest BCUT2D eigenvalue weighted by Gasteiger charge is -2.05. The van der Waals surface area contributed by atoms with Gasteiger partial charge in [0.2, 0.25) is 5.91 Å². The molecule has 144 valence electrons. The van der Waals surface area contributed by atoms with Crippen LogP contribution in [-0.4, -0.2) is 28.4 Å². The summed E-state index contributed by atoms with van der Waals surface area (Å²) in [5, 5.41) is 17.8. The number of aromatic hydroxyl groups is 1. The summed E-state index contributed by atoms with van der Waals surface area (Å²) in [6.07, 6.45) is 0.762. The Morgan fingerprint density at radius 2 is 1.89 bits per heavy atom. The van der Waals surface area contributed by atoms with Crippen molar-refractivity contribution in [2.24, 2.45) is 0 Å². The topological polar surface area (TPSA) is 91.3 Å². The summed E-state index contributed by atoms with van der Waals surface area (Å²) in [6, 6.07) is 12.8. The van der Waals surface area contributed by atoms with Crippen LogP contribution in [0, 0.1) is 6.92 Å². The van der Waals surface area contributed by atoms with Crippen LogP contribution in [0.25, 0.3) is 11.3 Å². The number of phenolic OH excluding ortho intramolecular Hbond substituents is 1. The molecule has 0 atom stereocenters. The number of aryl methyl sites for hydroxylation is 1. The van der Waals surface area contributed by atoms with Gasteiger partial charge in [0, 0.05) is 24.4 Å². The summed E-state index contributed by atoms with van der Waals surface area (Å²) in [6.45, 7) is 3.95. The van der Waals surface area contributed by atoms with Crippen LogP contribution in [0.1, 0.15) is 28.4 Å². The Morgan fingerprint density at radius 3 is 2.57 bits per heavy atom. The van der Waals surface area contributed by atoms with Crippen molar-refractivity contribution in [2.75, 3.05) is 11.9 Å². The minimum Gasteiger partial charge on any atom is -0.507 e. The van der Waals surface area contributed by atoms with Gasteiger partial charge in [-0.2, -0.15) is 0 Å². The van der Waals surface area contributed by atoms with Crippen molar-refractivity contribution in [1.82, 2.24) is 10.3 Å². The smallest absolute Gasteiger partial charge is 0.261 e. The maximum Gasteiger partial charge on any atom is 0.261 e. The largest absolute Gasteiger partial charge is 0.507 e. The van der Waals surface area contributed by atoms with Crippen molar-refractivity contribution in [3.8, 4) is 17.0 Å². The molecule has 2 aromatic carbocycles. The maximum absolute atomic E-state index is 12.4. The lowest BCUT2D eigenvalue weighted by molar-refractivity contribution is -0.118. The standard InChI is InChI=1S/C21H21N3O3S/c1-13-3-8-17(19(26)11-13)20(27)24-21-23-18(12-28-21)16-6-4-15(5-7-16)9-10-22-14(2)25/h3-8,11-12,26H,9-10H2,1-2H3,(H,22,25)(H,23,24,27). The second-order valence-corrected chi connectivity index (χ2v) is 7.30. The molecule has 0 aliphatic rings. The van der Waals surface area contributed by atoms with Crippen molar-refractivity contribution in [2.45, 2.75) is 20.3 Å². The molecule has 3 aromatic rings. The maximum atomic E-state index is 12.4. The molecule has 0 saturated heterocycles. The van der Waals surface area contributed by atoms with Crippen LogP contribution >= 0.6 is 11.3 Å². The van der Waals surface area contributed by atoms with Gasteiger partial charge < -0.3 is 10.4 Å². The first-order chi connectivity index (χ1) is 13.4. The van der Waals surface area contributed by atoms with Gasteiger partial charge in [0.15, 0.2) is 5.13 Å². The van der Waals surface area contributed by atoms with Crippen LogP contribution in [0.5, 0.6) is 5.75 Å². The number of anilines is 1. The highest BCUT2D eigenvalue weighted by atomic mass is 32.1. The van der Waals surface area contributed by atoms with Crippen LogP contribution < -0.4 is 10.6 Å². The van der Waals surface area contributed by atoms with Gasteiger partial charge >= 0.3 is 0 Å². The lowest BCUT2D eigenvalue weighted by Crippen LogP contribution is -2.22. The minimum absolute atomic E-state index is 0.0346. The van der Waals surface area contributed by atoms with E-state index in [1.165, 1.54) is 18.3 Å². The Balaban J connectivity index is 1.65. The number of nitrogens with zero attached hydrogens (tertiary/aromatic N) is 1. The molecule has 3 rings (SSSR count). The SMILES string of the molecule is CC(=O)NCCc1ccc(-c2csc(NC(=O)c3ccc(C)cc3O)n2)cc1. The monoisotopic (exact) mass is 395 g/mol. The molecule has 1 aromatic heterocycles. The molecule has 7 heteroatoms. The molecule has 0 aliphatic heterocycles. The number of phenols is 1. The Labute approximate surface area is 167 Å². The highest BCUT2D eigenvalue weighted by Crippen LogP contribution is 2.26. The van der Waals surface area contributed by atoms with Crippen LogP contribution in [0.2, 0.25) is 0 Å². The van der Waals surface area contributed by atoms with E-state index in [9.17, 15) is 14.7 Å². The van der Waals surface area contributed by atoms with Crippen LogP contribution in [0.15, 0.2) is 47.8 Å². The Bertz CT molecular complexity index is 996. The fourth-order valence-electron chi connectivity index (χ4n) is 2.69. The molecule has 1 heterocycles. The Kier molecular flexibility index (Phi) is 6.06. The van der Waals surface area contributed by atoms with Crippen molar-refractivity contribution in [1.29, 1.82) is 0 Å². The van der Waals surface area contributed by atoms with E-state index in [1.807, 2.05) is 36.6 Å². The summed E-state index contributed by atoms with van der Waals surface area (Å²) >= 11 is 1.33. The molecule has 0 radical (unpaired) electrons. The van der Waals surface area contributed by atoms with Crippen molar-refractivity contribution < 1.29 is 14.7 Å². The first-order valence-corrected chi connectivity index (χ1v) is 9.70. The zero-order chi connectivity index (χ0) is 20.1. The number of hydrogen-bond acceptors (Lipinski definition) is 5. The van der Waals surface area contributed by atoms with Crippen molar-refractivity contribution >= 4 is 28.3 Å². The predicted octanol–water partition coefficient (Wildman–Crippen LogP) is 3.76. The molecule has 0 unspecified atom stereocenters. The molecule has 2 amide bonds. The number of nitrogens with one attached hydrogen (secondary N) is 2. The fraction of sp³-hybridized carbons (Fsp3) is 0.190. The number of rotatable bonds is 6. The normalized spacial score (nSPS) is 10.5. The predicted molar refractivity (Wildman–Crippen MR) is 111 cm³/mol. The second kappa shape index (κ2) is 8.67. The summed E-state index contributed by atoms with van der Waals surface area (Å²) < 4.78 is 0. The average molecular weight is 395 g/mol. The number of aromatic nitrogens is 1. The van der Waals surface area contributed by atoms with Gasteiger partial charge in [0.25, 0.3) is 5.91 Å². The first kappa shape index (κ1) is 19.6. The fourth-order valence-corrected chi connectivity index (χ4v) is 3.40. The molecular formula is C21H21N3O3S. The molecule has 6 nitrogen and oxygen atoms in total. The number of benzene rings is 2. The van der Waals surface area contributed by atoms with Gasteiger partial charge in [-0.3, -0.25) is 14.9 Å². The first-order valence-electron chi connectivity index (χ1n) is 8.82. The molecular weight excluding hydrogens is 374 g/mol. The Hall–Kier alpha value is -3.19.